The van der Waals surface area contributed by atoms with E-state index in [4.69, 9.17) is 0 Å². The summed E-state index contributed by atoms with van der Waals surface area (Å²) in [6.07, 6.45) is 1.53. The Bertz CT molecular complexity index is 1210. The zero-order chi connectivity index (χ0) is 22.3. The molecule has 0 N–H and O–H groups in total. The van der Waals surface area contributed by atoms with Crippen LogP contribution in [0.2, 0.25) is 0 Å². The maximum Gasteiger partial charge on any atom is 0.314 e. The number of alkyl halides is 2. The second kappa shape index (κ2) is 7.73. The Hall–Kier alpha value is -3.33. The van der Waals surface area contributed by atoms with Crippen LogP contribution in [0.1, 0.15) is 37.7 Å². The highest BCUT2D eigenvalue weighted by molar-refractivity contribution is 7.84. The minimum Gasteiger partial charge on any atom is -0.268 e. The van der Waals surface area contributed by atoms with Gasteiger partial charge in [0.1, 0.15) is 17.2 Å². The van der Waals surface area contributed by atoms with Crippen molar-refractivity contribution in [2.45, 2.75) is 17.4 Å². The van der Waals surface area contributed by atoms with Crippen LogP contribution in [-0.2, 0) is 23.3 Å². The van der Waals surface area contributed by atoms with E-state index in [2.05, 4.69) is 4.98 Å². The standard InChI is InChI=1S/C22H15F3N2O3S/c1-31(30)16-8-2-13(3-9-16)12-27-20(28)17-10-11-18(26-19(17)21(27)29)22(24,25)14-4-6-15(23)7-5-14/h2-11H,12H2,1H3. The number of hydrogen-bond donors (Lipinski definition) is 0. The molecular weight excluding hydrogens is 429 g/mol. The third kappa shape index (κ3) is 3.76. The van der Waals surface area contributed by atoms with E-state index in [9.17, 15) is 27.0 Å². The number of rotatable bonds is 5. The number of nitrogens with zero attached hydrogens (tertiary/aromatic N) is 2. The topological polar surface area (TPSA) is 67.3 Å². The van der Waals surface area contributed by atoms with Crippen LogP contribution in [0, 0.1) is 5.82 Å². The number of aromatic nitrogens is 1. The summed E-state index contributed by atoms with van der Waals surface area (Å²) < 4.78 is 54.2. The lowest BCUT2D eigenvalue weighted by Gasteiger charge is -2.16. The summed E-state index contributed by atoms with van der Waals surface area (Å²) in [5.74, 6) is -5.64. The summed E-state index contributed by atoms with van der Waals surface area (Å²) in [5.41, 5.74) is -0.995. The molecule has 0 saturated carbocycles. The first kappa shape index (κ1) is 20.9. The SMILES string of the molecule is CS(=O)c1ccc(CN2C(=O)c3ccc(C(F)(F)c4ccc(F)cc4)nc3C2=O)cc1. The number of carbonyl (C=O) groups is 2. The molecule has 1 unspecified atom stereocenters. The molecule has 3 aromatic rings. The van der Waals surface area contributed by atoms with Gasteiger partial charge >= 0.3 is 5.92 Å². The van der Waals surface area contributed by atoms with Crippen molar-refractivity contribution in [1.82, 2.24) is 9.88 Å². The molecule has 0 saturated heterocycles. The average Bonchev–Trinajstić information content (AvgIpc) is 2.99. The van der Waals surface area contributed by atoms with E-state index in [0.717, 1.165) is 41.3 Å². The minimum atomic E-state index is -3.58. The predicted octanol–water partition coefficient (Wildman–Crippen LogP) is 3.89. The van der Waals surface area contributed by atoms with Crippen LogP contribution in [0.15, 0.2) is 65.6 Å². The number of fused-ring (bicyclic) bond motifs is 1. The van der Waals surface area contributed by atoms with Gasteiger partial charge in [-0.2, -0.15) is 8.78 Å². The first-order valence-electron chi connectivity index (χ1n) is 9.12. The molecule has 4 rings (SSSR count). The van der Waals surface area contributed by atoms with Crippen molar-refractivity contribution >= 4 is 22.6 Å². The monoisotopic (exact) mass is 444 g/mol. The summed E-state index contributed by atoms with van der Waals surface area (Å²) in [4.78, 5) is 30.7. The summed E-state index contributed by atoms with van der Waals surface area (Å²) in [6, 6.07) is 12.4. The van der Waals surface area contributed by atoms with Crippen molar-refractivity contribution in [3.63, 3.8) is 0 Å². The van der Waals surface area contributed by atoms with Crippen LogP contribution in [-0.4, -0.2) is 32.2 Å². The van der Waals surface area contributed by atoms with Gasteiger partial charge in [0.15, 0.2) is 0 Å². The second-order valence-corrected chi connectivity index (χ2v) is 8.35. The Kier molecular flexibility index (Phi) is 5.22. The molecule has 2 aromatic carbocycles. The van der Waals surface area contributed by atoms with Crippen molar-refractivity contribution in [3.05, 3.63) is 94.6 Å². The van der Waals surface area contributed by atoms with Crippen LogP contribution in [0.5, 0.6) is 0 Å². The Labute approximate surface area is 178 Å². The van der Waals surface area contributed by atoms with Crippen LogP contribution >= 0.6 is 0 Å². The van der Waals surface area contributed by atoms with E-state index in [1.807, 2.05) is 0 Å². The molecule has 5 nitrogen and oxygen atoms in total. The normalized spacial score (nSPS) is 14.6. The fraction of sp³-hybridized carbons (Fsp3) is 0.136. The summed E-state index contributed by atoms with van der Waals surface area (Å²) in [7, 11) is -1.17. The number of imide groups is 1. The molecule has 2 heterocycles. The largest absolute Gasteiger partial charge is 0.314 e. The molecule has 0 aliphatic carbocycles. The molecule has 2 amide bonds. The fourth-order valence-electron chi connectivity index (χ4n) is 3.25. The zero-order valence-electron chi connectivity index (χ0n) is 16.1. The van der Waals surface area contributed by atoms with E-state index in [0.29, 0.717) is 10.5 Å². The van der Waals surface area contributed by atoms with Crippen LogP contribution < -0.4 is 0 Å². The molecule has 0 bridgehead atoms. The van der Waals surface area contributed by atoms with Gasteiger partial charge in [-0.25, -0.2) is 9.37 Å². The highest BCUT2D eigenvalue weighted by Crippen LogP contribution is 2.36. The lowest BCUT2D eigenvalue weighted by molar-refractivity contribution is 0.0377. The number of halogens is 3. The Morgan fingerprint density at radius 2 is 1.58 bits per heavy atom. The van der Waals surface area contributed by atoms with E-state index in [1.165, 1.54) is 6.26 Å². The second-order valence-electron chi connectivity index (χ2n) is 6.97. The molecule has 158 valence electrons. The van der Waals surface area contributed by atoms with Gasteiger partial charge in [-0.3, -0.25) is 18.7 Å². The van der Waals surface area contributed by atoms with Gasteiger partial charge in [-0.05, 0) is 54.1 Å². The third-order valence-electron chi connectivity index (χ3n) is 4.94. The Morgan fingerprint density at radius 1 is 0.935 bits per heavy atom. The highest BCUT2D eigenvalue weighted by Gasteiger charge is 2.41. The molecule has 0 spiro atoms. The van der Waals surface area contributed by atoms with Crippen molar-refractivity contribution in [1.29, 1.82) is 0 Å². The Balaban J connectivity index is 1.62. The third-order valence-corrected chi connectivity index (χ3v) is 5.88. The van der Waals surface area contributed by atoms with Crippen molar-refractivity contribution in [2.24, 2.45) is 0 Å². The number of pyridine rings is 1. The van der Waals surface area contributed by atoms with Gasteiger partial charge in [0.25, 0.3) is 11.8 Å². The first-order valence-corrected chi connectivity index (χ1v) is 10.7. The molecule has 0 radical (unpaired) electrons. The van der Waals surface area contributed by atoms with E-state index >= 15 is 0 Å². The first-order chi connectivity index (χ1) is 14.7. The molecule has 9 heteroatoms. The van der Waals surface area contributed by atoms with E-state index < -0.39 is 45.6 Å². The number of benzene rings is 2. The predicted molar refractivity (Wildman–Crippen MR) is 107 cm³/mol. The lowest BCUT2D eigenvalue weighted by Crippen LogP contribution is -2.29. The maximum absolute atomic E-state index is 14.8. The molecule has 1 atom stereocenters. The Morgan fingerprint density at radius 3 is 2.19 bits per heavy atom. The number of carbonyl (C=O) groups excluding carboxylic acids is 2. The zero-order valence-corrected chi connectivity index (χ0v) is 17.0. The van der Waals surface area contributed by atoms with Crippen LogP contribution in [0.4, 0.5) is 13.2 Å². The average molecular weight is 444 g/mol. The van der Waals surface area contributed by atoms with Crippen molar-refractivity contribution < 1.29 is 27.0 Å². The van der Waals surface area contributed by atoms with Gasteiger partial charge in [0.05, 0.1) is 12.1 Å². The molecule has 1 aliphatic rings. The molecule has 0 fully saturated rings. The van der Waals surface area contributed by atoms with Gasteiger partial charge < -0.3 is 0 Å². The highest BCUT2D eigenvalue weighted by atomic mass is 32.2. The maximum atomic E-state index is 14.8. The van der Waals surface area contributed by atoms with Gasteiger partial charge in [-0.1, -0.05) is 12.1 Å². The van der Waals surface area contributed by atoms with Gasteiger partial charge in [0, 0.05) is 27.5 Å². The smallest absolute Gasteiger partial charge is 0.268 e. The fourth-order valence-corrected chi connectivity index (χ4v) is 3.77. The van der Waals surface area contributed by atoms with Gasteiger partial charge in [0.2, 0.25) is 0 Å². The molecule has 1 aromatic heterocycles. The molecule has 1 aliphatic heterocycles. The quantitative estimate of drug-likeness (QED) is 0.560. The van der Waals surface area contributed by atoms with E-state index in [-0.39, 0.29) is 17.8 Å². The summed E-state index contributed by atoms with van der Waals surface area (Å²) in [6.45, 7) is -0.0751. The summed E-state index contributed by atoms with van der Waals surface area (Å²) >= 11 is 0. The van der Waals surface area contributed by atoms with E-state index in [1.54, 1.807) is 24.3 Å². The summed E-state index contributed by atoms with van der Waals surface area (Å²) in [5, 5.41) is 0. The lowest BCUT2D eigenvalue weighted by atomic mass is 10.0. The van der Waals surface area contributed by atoms with Crippen LogP contribution in [0.25, 0.3) is 0 Å². The van der Waals surface area contributed by atoms with Crippen LogP contribution in [0.3, 0.4) is 0 Å². The number of amides is 2. The van der Waals surface area contributed by atoms with Crippen molar-refractivity contribution in [3.8, 4) is 0 Å². The molecule has 31 heavy (non-hydrogen) atoms. The molecular formula is C22H15F3N2O3S. The van der Waals surface area contributed by atoms with Gasteiger partial charge in [-0.15, -0.1) is 0 Å². The minimum absolute atomic E-state index is 0.0602. The van der Waals surface area contributed by atoms with Crippen molar-refractivity contribution in [2.75, 3.05) is 6.26 Å². The number of hydrogen-bond acceptors (Lipinski definition) is 4.